The lowest BCUT2D eigenvalue weighted by atomic mass is 9.52. The fourth-order valence-corrected chi connectivity index (χ4v) is 10.8. The second-order valence-corrected chi connectivity index (χ2v) is 16.7. The number of amides is 4. The lowest BCUT2D eigenvalue weighted by molar-refractivity contribution is -0.131. The van der Waals surface area contributed by atoms with Gasteiger partial charge in [-0.3, -0.25) is 28.8 Å². The van der Waals surface area contributed by atoms with Crippen molar-refractivity contribution in [1.29, 1.82) is 0 Å². The van der Waals surface area contributed by atoms with Crippen LogP contribution in [0, 0.1) is 36.0 Å². The Hall–Kier alpha value is -4.36. The molecule has 0 spiro atoms. The summed E-state index contributed by atoms with van der Waals surface area (Å²) in [5.74, 6) is -3.60. The summed E-state index contributed by atoms with van der Waals surface area (Å²) in [6.45, 7) is 3.47. The SMILES string of the molecule is Cc1c(-c2cc(N3C(=O)C4CC5C(=CCC6C(=O)N(c7ccc(Br)cc7)C(=O)C65)C(c5ccc(CO)o5)C4(C)C3=O)n(C)n2)sc2ccc(Cl)cc12. The lowest BCUT2D eigenvalue weighted by Gasteiger charge is -2.48. The molecule has 2 aliphatic carbocycles. The molecule has 5 aromatic rings. The molecule has 9 rings (SSSR count). The van der Waals surface area contributed by atoms with Gasteiger partial charge in [-0.1, -0.05) is 39.2 Å². The number of hydrogen-bond acceptors (Lipinski definition) is 8. The lowest BCUT2D eigenvalue weighted by Crippen LogP contribution is -2.48. The molecule has 3 fully saturated rings. The Morgan fingerprint density at radius 1 is 1.00 bits per heavy atom. The highest BCUT2D eigenvalue weighted by Crippen LogP contribution is 2.64. The first-order valence-electron chi connectivity index (χ1n) is 17.1. The number of fused-ring (bicyclic) bond motifs is 5. The third kappa shape index (κ3) is 4.60. The van der Waals surface area contributed by atoms with Gasteiger partial charge in [0.15, 0.2) is 0 Å². The summed E-state index contributed by atoms with van der Waals surface area (Å²) in [6, 6.07) is 18.0. The molecule has 4 aliphatic rings. The fourth-order valence-electron chi connectivity index (χ4n) is 9.23. The summed E-state index contributed by atoms with van der Waals surface area (Å²) in [4.78, 5) is 61.3. The van der Waals surface area contributed by atoms with Crippen LogP contribution in [-0.2, 0) is 32.8 Å². The monoisotopic (exact) mass is 798 g/mol. The van der Waals surface area contributed by atoms with Crippen molar-refractivity contribution in [3.05, 3.63) is 98.9 Å². The molecule has 3 aromatic heterocycles. The number of furan rings is 1. The molecule has 0 radical (unpaired) electrons. The zero-order valence-electron chi connectivity index (χ0n) is 28.3. The summed E-state index contributed by atoms with van der Waals surface area (Å²) >= 11 is 11.3. The molecule has 6 unspecified atom stereocenters. The van der Waals surface area contributed by atoms with E-state index in [0.29, 0.717) is 40.2 Å². The molecule has 2 aliphatic heterocycles. The number of aliphatic hydroxyl groups excluding tert-OH is 1. The number of nitrogens with zero attached hydrogens (tertiary/aromatic N) is 4. The van der Waals surface area contributed by atoms with Gasteiger partial charge in [-0.25, -0.2) is 4.90 Å². The van der Waals surface area contributed by atoms with Crippen molar-refractivity contribution in [2.75, 3.05) is 9.80 Å². The number of anilines is 2. The number of imide groups is 2. The van der Waals surface area contributed by atoms with E-state index < -0.39 is 40.9 Å². The number of thiophene rings is 1. The highest BCUT2D eigenvalue weighted by atomic mass is 79.9. The van der Waals surface area contributed by atoms with Gasteiger partial charge in [0.25, 0.3) is 0 Å². The summed E-state index contributed by atoms with van der Waals surface area (Å²) in [5.41, 5.74) is 1.65. The van der Waals surface area contributed by atoms with Crippen LogP contribution in [-0.4, -0.2) is 38.5 Å². The van der Waals surface area contributed by atoms with E-state index in [2.05, 4.69) is 15.9 Å². The van der Waals surface area contributed by atoms with Crippen LogP contribution in [0.3, 0.4) is 0 Å². The number of aryl methyl sites for hydroxylation is 2. The first kappa shape index (κ1) is 33.5. The van der Waals surface area contributed by atoms with E-state index in [1.807, 2.05) is 31.2 Å². The van der Waals surface area contributed by atoms with Crippen LogP contribution in [0.4, 0.5) is 11.5 Å². The average molecular weight is 800 g/mol. The minimum absolute atomic E-state index is 0.211. The van der Waals surface area contributed by atoms with Crippen LogP contribution < -0.4 is 9.80 Å². The maximum Gasteiger partial charge on any atom is 0.242 e. The highest BCUT2D eigenvalue weighted by Gasteiger charge is 2.68. The predicted molar refractivity (Wildman–Crippen MR) is 200 cm³/mol. The Morgan fingerprint density at radius 3 is 2.50 bits per heavy atom. The first-order valence-corrected chi connectivity index (χ1v) is 19.0. The maximum absolute atomic E-state index is 15.0. The number of benzene rings is 2. The van der Waals surface area contributed by atoms with E-state index in [4.69, 9.17) is 21.1 Å². The molecule has 2 saturated heterocycles. The number of halogens is 2. The molecule has 1 saturated carbocycles. The van der Waals surface area contributed by atoms with Gasteiger partial charge < -0.3 is 9.52 Å². The summed E-state index contributed by atoms with van der Waals surface area (Å²) in [7, 11) is 1.72. The van der Waals surface area contributed by atoms with Crippen molar-refractivity contribution in [3.8, 4) is 10.6 Å². The average Bonchev–Trinajstić information content (AvgIpc) is 3.92. The standard InChI is InChI=1S/C39H32BrClN4O6S/c1-18-25-14-20(41)6-13-30(25)52-34(18)28-16-31(43(3)42-28)45-36(48)27-15-26-23(33(39(27,2)38(45)50)29-12-9-22(17-46)51-29)10-11-24-32(26)37(49)44(35(24)47)21-7-4-19(40)5-8-21/h4-10,12-14,16,24,26-27,32-33,46H,11,15,17H2,1-3H3. The van der Waals surface area contributed by atoms with Crippen LogP contribution in [0.1, 0.15) is 42.8 Å². The zero-order chi connectivity index (χ0) is 36.4. The number of allylic oxidation sites excluding steroid dienone is 2. The van der Waals surface area contributed by atoms with Gasteiger partial charge in [0.05, 0.1) is 39.7 Å². The Labute approximate surface area is 315 Å². The van der Waals surface area contributed by atoms with Gasteiger partial charge in [-0.2, -0.15) is 5.10 Å². The second kappa shape index (κ2) is 11.8. The van der Waals surface area contributed by atoms with Crippen LogP contribution >= 0.6 is 38.9 Å². The van der Waals surface area contributed by atoms with Gasteiger partial charge in [0.2, 0.25) is 23.6 Å². The van der Waals surface area contributed by atoms with Crippen molar-refractivity contribution in [2.45, 2.75) is 39.2 Å². The topological polar surface area (TPSA) is 126 Å². The van der Waals surface area contributed by atoms with E-state index in [0.717, 1.165) is 30.6 Å². The van der Waals surface area contributed by atoms with E-state index >= 15 is 0 Å². The van der Waals surface area contributed by atoms with Crippen molar-refractivity contribution < 1.29 is 28.7 Å². The molecule has 0 bridgehead atoms. The molecule has 10 nitrogen and oxygen atoms in total. The summed E-state index contributed by atoms with van der Waals surface area (Å²) in [6.07, 6.45) is 2.51. The fraction of sp³-hybridized carbons (Fsp3) is 0.308. The largest absolute Gasteiger partial charge is 0.463 e. The van der Waals surface area contributed by atoms with Gasteiger partial charge in [0, 0.05) is 27.3 Å². The van der Waals surface area contributed by atoms with Gasteiger partial charge in [-0.05, 0) is 98.2 Å². The normalized spacial score (nSPS) is 27.0. The number of carbonyl (C=O) groups excluding carboxylic acids is 4. The van der Waals surface area contributed by atoms with Crippen LogP contribution in [0.15, 0.2) is 81.2 Å². The minimum Gasteiger partial charge on any atom is -0.463 e. The molecule has 1 N–H and O–H groups in total. The van der Waals surface area contributed by atoms with Gasteiger partial charge in [-0.15, -0.1) is 11.3 Å². The van der Waals surface area contributed by atoms with Gasteiger partial charge in [0.1, 0.15) is 29.6 Å². The maximum atomic E-state index is 15.0. The van der Waals surface area contributed by atoms with Crippen LogP contribution in [0.2, 0.25) is 5.02 Å². The molecule has 2 aromatic carbocycles. The van der Waals surface area contributed by atoms with E-state index in [9.17, 15) is 24.3 Å². The van der Waals surface area contributed by atoms with E-state index in [1.54, 1.807) is 72.5 Å². The Balaban J connectivity index is 1.14. The number of aliphatic hydroxyl groups is 1. The van der Waals surface area contributed by atoms with E-state index in [1.165, 1.54) is 9.80 Å². The van der Waals surface area contributed by atoms with Gasteiger partial charge >= 0.3 is 0 Å². The number of hydrogen-bond donors (Lipinski definition) is 1. The molecule has 6 atom stereocenters. The number of rotatable bonds is 5. The molecule has 52 heavy (non-hydrogen) atoms. The first-order chi connectivity index (χ1) is 24.9. The van der Waals surface area contributed by atoms with E-state index in [-0.39, 0.29) is 30.7 Å². The molecular weight excluding hydrogens is 768 g/mol. The molecule has 264 valence electrons. The van der Waals surface area contributed by atoms with Crippen LogP contribution in [0.25, 0.3) is 20.7 Å². The van der Waals surface area contributed by atoms with Crippen LogP contribution in [0.5, 0.6) is 0 Å². The molecule has 4 amide bonds. The predicted octanol–water partition coefficient (Wildman–Crippen LogP) is 7.55. The summed E-state index contributed by atoms with van der Waals surface area (Å²) in [5, 5.41) is 16.4. The molecule has 5 heterocycles. The minimum atomic E-state index is -1.29. The number of carbonyl (C=O) groups is 4. The Kier molecular flexibility index (Phi) is 7.61. The third-order valence-corrected chi connectivity index (χ3v) is 13.8. The Bertz CT molecular complexity index is 2410. The van der Waals surface area contributed by atoms with Crippen molar-refractivity contribution >= 4 is 84.1 Å². The quantitative estimate of drug-likeness (QED) is 0.144. The zero-order valence-corrected chi connectivity index (χ0v) is 31.5. The number of aromatic nitrogens is 2. The summed E-state index contributed by atoms with van der Waals surface area (Å²) < 4.78 is 9.59. The Morgan fingerprint density at radius 2 is 1.77 bits per heavy atom. The van der Waals surface area contributed by atoms with Crippen molar-refractivity contribution in [3.63, 3.8) is 0 Å². The second-order valence-electron chi connectivity index (χ2n) is 14.3. The van der Waals surface area contributed by atoms with Crippen molar-refractivity contribution in [2.24, 2.45) is 36.1 Å². The van der Waals surface area contributed by atoms with Crippen molar-refractivity contribution in [1.82, 2.24) is 9.78 Å². The molecule has 13 heteroatoms. The third-order valence-electron chi connectivity index (χ3n) is 11.7. The highest BCUT2D eigenvalue weighted by molar-refractivity contribution is 9.10. The smallest absolute Gasteiger partial charge is 0.242 e. The molecular formula is C39H32BrClN4O6S.